The van der Waals surface area contributed by atoms with Crippen LogP contribution in [0.1, 0.15) is 42.3 Å². The van der Waals surface area contributed by atoms with Gasteiger partial charge >= 0.3 is 0 Å². The molecule has 0 fully saturated rings. The number of nitrogens with one attached hydrogen (secondary N) is 2. The molecule has 0 saturated carbocycles. The quantitative estimate of drug-likeness (QED) is 0.729. The van der Waals surface area contributed by atoms with E-state index in [2.05, 4.69) is 10.6 Å². The molecule has 0 saturated heterocycles. The minimum absolute atomic E-state index is 0.133. The second kappa shape index (κ2) is 8.98. The van der Waals surface area contributed by atoms with Gasteiger partial charge in [-0.05, 0) is 49.6 Å². The first-order chi connectivity index (χ1) is 12.8. The maximum atomic E-state index is 12.4. The van der Waals surface area contributed by atoms with Crippen molar-refractivity contribution in [2.45, 2.75) is 34.1 Å². The van der Waals surface area contributed by atoms with Crippen molar-refractivity contribution in [2.24, 2.45) is 0 Å². The molecule has 0 aromatic heterocycles. The summed E-state index contributed by atoms with van der Waals surface area (Å²) >= 11 is 0. The van der Waals surface area contributed by atoms with Crippen molar-refractivity contribution in [3.05, 3.63) is 53.1 Å². The summed E-state index contributed by atoms with van der Waals surface area (Å²) in [4.78, 5) is 35.3. The lowest BCUT2D eigenvalue weighted by Crippen LogP contribution is -2.22. The van der Waals surface area contributed by atoms with Crippen LogP contribution in [0, 0.1) is 6.92 Å². The number of hydrogen-bond acceptors (Lipinski definition) is 4. The zero-order valence-electron chi connectivity index (χ0n) is 16.0. The third kappa shape index (κ3) is 5.41. The first-order valence-electron chi connectivity index (χ1n) is 8.75. The number of aryl methyl sites for hydroxylation is 2. The molecule has 6 nitrogen and oxygen atoms in total. The molecule has 0 aliphatic rings. The van der Waals surface area contributed by atoms with E-state index in [0.717, 1.165) is 23.2 Å². The van der Waals surface area contributed by atoms with Gasteiger partial charge in [-0.2, -0.15) is 0 Å². The summed E-state index contributed by atoms with van der Waals surface area (Å²) in [5, 5.41) is 5.51. The molecule has 0 aliphatic carbocycles. The number of para-hydroxylation sites is 1. The largest absolute Gasteiger partial charge is 0.482 e. The molecule has 2 aromatic rings. The van der Waals surface area contributed by atoms with Crippen LogP contribution in [0.25, 0.3) is 0 Å². The molecule has 2 N–H and O–H groups in total. The van der Waals surface area contributed by atoms with Crippen molar-refractivity contribution in [1.29, 1.82) is 0 Å². The van der Waals surface area contributed by atoms with Crippen LogP contribution in [-0.4, -0.2) is 24.2 Å². The zero-order valence-corrected chi connectivity index (χ0v) is 16.0. The van der Waals surface area contributed by atoms with Gasteiger partial charge in [-0.25, -0.2) is 0 Å². The lowest BCUT2D eigenvalue weighted by molar-refractivity contribution is -0.118. The smallest absolute Gasteiger partial charge is 0.262 e. The van der Waals surface area contributed by atoms with E-state index < -0.39 is 0 Å². The molecule has 0 heterocycles. The minimum atomic E-state index is -0.319. The third-order valence-corrected chi connectivity index (χ3v) is 4.06. The third-order valence-electron chi connectivity index (χ3n) is 4.06. The Morgan fingerprint density at radius 1 is 1.04 bits per heavy atom. The van der Waals surface area contributed by atoms with Crippen molar-refractivity contribution in [1.82, 2.24) is 0 Å². The molecular weight excluding hydrogens is 344 g/mol. The number of ether oxygens (including phenoxy) is 1. The first kappa shape index (κ1) is 20.2. The second-order valence-corrected chi connectivity index (χ2v) is 6.25. The molecule has 0 bridgehead atoms. The lowest BCUT2D eigenvalue weighted by Gasteiger charge is -2.15. The number of rotatable bonds is 7. The number of Topliss-reactive ketones (excluding diaryl/α,β-unsaturated/α-hetero) is 1. The predicted molar refractivity (Wildman–Crippen MR) is 105 cm³/mol. The first-order valence-corrected chi connectivity index (χ1v) is 8.75. The molecule has 0 atom stereocenters. The Bertz CT molecular complexity index is 874. The number of ketones is 1. The van der Waals surface area contributed by atoms with Crippen molar-refractivity contribution in [3.63, 3.8) is 0 Å². The number of benzene rings is 2. The standard InChI is InChI=1S/C21H24N2O4/c1-5-16-8-6-7-13(2)21(16)23-20(26)12-27-19-11-17(14(3)24)9-10-18(19)22-15(4)25/h6-11H,5,12H2,1-4H3,(H,22,25)(H,23,26). The van der Waals surface area contributed by atoms with E-state index in [1.807, 2.05) is 32.0 Å². The number of amides is 2. The van der Waals surface area contributed by atoms with E-state index in [4.69, 9.17) is 4.74 Å². The molecule has 2 amide bonds. The summed E-state index contributed by atoms with van der Waals surface area (Å²) in [6.45, 7) is 6.52. The molecule has 142 valence electrons. The van der Waals surface area contributed by atoms with Gasteiger partial charge in [0.05, 0.1) is 5.69 Å². The summed E-state index contributed by atoms with van der Waals surface area (Å²) < 4.78 is 5.60. The van der Waals surface area contributed by atoms with Gasteiger partial charge in [-0.15, -0.1) is 0 Å². The van der Waals surface area contributed by atoms with Gasteiger partial charge in [-0.1, -0.05) is 25.1 Å². The Kier molecular flexibility index (Phi) is 6.71. The van der Waals surface area contributed by atoms with Crippen LogP contribution in [0.5, 0.6) is 5.75 Å². The van der Waals surface area contributed by atoms with E-state index in [1.165, 1.54) is 19.9 Å². The Morgan fingerprint density at radius 2 is 1.78 bits per heavy atom. The highest BCUT2D eigenvalue weighted by molar-refractivity contribution is 5.97. The molecule has 0 radical (unpaired) electrons. The van der Waals surface area contributed by atoms with Crippen molar-refractivity contribution >= 4 is 29.0 Å². The molecule has 0 unspecified atom stereocenters. The van der Waals surface area contributed by atoms with Gasteiger partial charge in [0.25, 0.3) is 5.91 Å². The fraction of sp³-hybridized carbons (Fsp3) is 0.286. The highest BCUT2D eigenvalue weighted by Gasteiger charge is 2.13. The lowest BCUT2D eigenvalue weighted by atomic mass is 10.1. The maximum Gasteiger partial charge on any atom is 0.262 e. The highest BCUT2D eigenvalue weighted by atomic mass is 16.5. The summed E-state index contributed by atoms with van der Waals surface area (Å²) in [5.41, 5.74) is 3.64. The SMILES string of the molecule is CCc1cccc(C)c1NC(=O)COc1cc(C(C)=O)ccc1NC(C)=O. The molecular formula is C21H24N2O4. The topological polar surface area (TPSA) is 84.5 Å². The summed E-state index contributed by atoms with van der Waals surface area (Å²) in [6, 6.07) is 10.6. The van der Waals surface area contributed by atoms with Crippen LogP contribution in [0.15, 0.2) is 36.4 Å². The van der Waals surface area contributed by atoms with E-state index >= 15 is 0 Å². The van der Waals surface area contributed by atoms with E-state index in [0.29, 0.717) is 11.3 Å². The minimum Gasteiger partial charge on any atom is -0.482 e. The van der Waals surface area contributed by atoms with Crippen LogP contribution in [0.4, 0.5) is 11.4 Å². The van der Waals surface area contributed by atoms with Gasteiger partial charge in [0.1, 0.15) is 5.75 Å². The molecule has 27 heavy (non-hydrogen) atoms. The molecule has 2 rings (SSSR count). The normalized spacial score (nSPS) is 10.2. The van der Waals surface area contributed by atoms with Crippen LogP contribution in [0.3, 0.4) is 0 Å². The molecule has 2 aromatic carbocycles. The Morgan fingerprint density at radius 3 is 2.41 bits per heavy atom. The fourth-order valence-corrected chi connectivity index (χ4v) is 2.67. The summed E-state index contributed by atoms with van der Waals surface area (Å²) in [5.74, 6) is -0.451. The predicted octanol–water partition coefficient (Wildman–Crippen LogP) is 3.74. The van der Waals surface area contributed by atoms with Crippen LogP contribution in [0.2, 0.25) is 0 Å². The van der Waals surface area contributed by atoms with Crippen molar-refractivity contribution in [2.75, 3.05) is 17.2 Å². The number of anilines is 2. The van der Waals surface area contributed by atoms with E-state index in [9.17, 15) is 14.4 Å². The Hall–Kier alpha value is -3.15. The average molecular weight is 368 g/mol. The zero-order chi connectivity index (χ0) is 20.0. The monoisotopic (exact) mass is 368 g/mol. The van der Waals surface area contributed by atoms with Gasteiger partial charge in [0.2, 0.25) is 5.91 Å². The number of hydrogen-bond donors (Lipinski definition) is 2. The summed E-state index contributed by atoms with van der Waals surface area (Å²) in [6.07, 6.45) is 0.797. The number of carbonyl (C=O) groups excluding carboxylic acids is 3. The van der Waals surface area contributed by atoms with Gasteiger partial charge in [0.15, 0.2) is 12.4 Å². The van der Waals surface area contributed by atoms with Gasteiger partial charge < -0.3 is 15.4 Å². The van der Waals surface area contributed by atoms with E-state index in [-0.39, 0.29) is 30.0 Å². The van der Waals surface area contributed by atoms with Gasteiger partial charge in [-0.3, -0.25) is 14.4 Å². The highest BCUT2D eigenvalue weighted by Crippen LogP contribution is 2.27. The van der Waals surface area contributed by atoms with Crippen LogP contribution in [-0.2, 0) is 16.0 Å². The molecule has 0 spiro atoms. The van der Waals surface area contributed by atoms with Crippen molar-refractivity contribution in [3.8, 4) is 5.75 Å². The van der Waals surface area contributed by atoms with Crippen LogP contribution < -0.4 is 15.4 Å². The fourth-order valence-electron chi connectivity index (χ4n) is 2.67. The van der Waals surface area contributed by atoms with Gasteiger partial charge in [0, 0.05) is 18.2 Å². The maximum absolute atomic E-state index is 12.4. The van der Waals surface area contributed by atoms with Crippen LogP contribution >= 0.6 is 0 Å². The Labute approximate surface area is 158 Å². The second-order valence-electron chi connectivity index (χ2n) is 6.25. The molecule has 0 aliphatic heterocycles. The van der Waals surface area contributed by atoms with Crippen molar-refractivity contribution < 1.29 is 19.1 Å². The average Bonchev–Trinajstić information content (AvgIpc) is 2.61. The van der Waals surface area contributed by atoms with E-state index in [1.54, 1.807) is 12.1 Å². The number of carbonyl (C=O) groups is 3. The molecule has 6 heteroatoms. The Balaban J connectivity index is 2.15. The summed E-state index contributed by atoms with van der Waals surface area (Å²) in [7, 11) is 0.